The highest BCUT2D eigenvalue weighted by molar-refractivity contribution is 9.09. The summed E-state index contributed by atoms with van der Waals surface area (Å²) in [5.41, 5.74) is 0.777. The topological polar surface area (TPSA) is 17.1 Å². The highest BCUT2D eigenvalue weighted by atomic mass is 79.9. The number of hydrogen-bond donors (Lipinski definition) is 0. The molecule has 0 aliphatic rings. The first-order chi connectivity index (χ1) is 5.77. The van der Waals surface area contributed by atoms with Crippen LogP contribution in [-0.2, 0) is 0 Å². The summed E-state index contributed by atoms with van der Waals surface area (Å²) in [5, 5.41) is 0.394. The van der Waals surface area contributed by atoms with Crippen LogP contribution < -0.4 is 0 Å². The quantitative estimate of drug-likeness (QED) is 0.462. The molecule has 3 heteroatoms. The van der Waals surface area contributed by atoms with Gasteiger partial charge in [0.05, 0.1) is 5.33 Å². The zero-order valence-electron chi connectivity index (χ0n) is 6.71. The number of rotatable bonds is 3. The maximum atomic E-state index is 11.2. The fourth-order valence-corrected chi connectivity index (χ4v) is 1.66. The van der Waals surface area contributed by atoms with Gasteiger partial charge in [-0.3, -0.25) is 4.79 Å². The van der Waals surface area contributed by atoms with Crippen molar-refractivity contribution < 1.29 is 4.79 Å². The molecule has 0 aliphatic heterocycles. The van der Waals surface area contributed by atoms with Gasteiger partial charge >= 0.3 is 0 Å². The predicted molar refractivity (Wildman–Crippen MR) is 56.3 cm³/mol. The van der Waals surface area contributed by atoms with Crippen molar-refractivity contribution in [2.24, 2.45) is 0 Å². The second-order valence-electron chi connectivity index (χ2n) is 2.29. The molecule has 1 aromatic carbocycles. The monoisotopic (exact) mass is 244 g/mol. The third-order valence-electron chi connectivity index (χ3n) is 1.51. The first kappa shape index (κ1) is 9.81. The van der Waals surface area contributed by atoms with E-state index in [9.17, 15) is 4.79 Å². The van der Waals surface area contributed by atoms with Crippen molar-refractivity contribution >= 4 is 33.5 Å². The van der Waals surface area contributed by atoms with E-state index in [0.717, 1.165) is 10.5 Å². The van der Waals surface area contributed by atoms with Gasteiger partial charge in [0.25, 0.3) is 0 Å². The summed E-state index contributed by atoms with van der Waals surface area (Å²) >= 11 is 4.78. The van der Waals surface area contributed by atoms with Crippen molar-refractivity contribution in [3.8, 4) is 0 Å². The Morgan fingerprint density at radius 2 is 2.33 bits per heavy atom. The number of carbonyl (C=O) groups is 1. The van der Waals surface area contributed by atoms with Crippen LogP contribution >= 0.6 is 27.7 Å². The maximum absolute atomic E-state index is 11.2. The molecule has 0 atom stereocenters. The first-order valence-corrected chi connectivity index (χ1v) is 5.85. The van der Waals surface area contributed by atoms with Crippen molar-refractivity contribution in [1.29, 1.82) is 0 Å². The van der Waals surface area contributed by atoms with Crippen LogP contribution in [0.1, 0.15) is 10.4 Å². The molecule has 0 aromatic heterocycles. The summed E-state index contributed by atoms with van der Waals surface area (Å²) < 4.78 is 0. The van der Waals surface area contributed by atoms with Gasteiger partial charge in [-0.05, 0) is 18.4 Å². The number of hydrogen-bond acceptors (Lipinski definition) is 2. The van der Waals surface area contributed by atoms with E-state index in [-0.39, 0.29) is 5.78 Å². The Morgan fingerprint density at radius 3 is 2.92 bits per heavy atom. The van der Waals surface area contributed by atoms with E-state index in [1.54, 1.807) is 11.8 Å². The Labute approximate surface area is 84.7 Å². The van der Waals surface area contributed by atoms with Gasteiger partial charge in [-0.1, -0.05) is 28.1 Å². The molecule has 1 aromatic rings. The molecular formula is C9H9BrOS. The Balaban J connectivity index is 2.93. The molecule has 0 N–H and O–H groups in total. The van der Waals surface area contributed by atoms with Crippen LogP contribution in [0.3, 0.4) is 0 Å². The average molecular weight is 245 g/mol. The fourth-order valence-electron chi connectivity index (χ4n) is 0.874. The number of carbonyl (C=O) groups excluding carboxylic acids is 1. The molecule has 0 bridgehead atoms. The number of thioether (sulfide) groups is 1. The summed E-state index contributed by atoms with van der Waals surface area (Å²) in [5.74, 6) is 0.130. The summed E-state index contributed by atoms with van der Waals surface area (Å²) in [7, 11) is 0. The molecule has 1 nitrogen and oxygen atoms in total. The zero-order valence-corrected chi connectivity index (χ0v) is 9.11. The molecule has 0 saturated heterocycles. The molecule has 64 valence electrons. The van der Waals surface area contributed by atoms with E-state index in [1.807, 2.05) is 30.5 Å². The molecule has 0 radical (unpaired) electrons. The van der Waals surface area contributed by atoms with E-state index < -0.39 is 0 Å². The minimum Gasteiger partial charge on any atom is -0.293 e. The molecule has 0 heterocycles. The molecular weight excluding hydrogens is 236 g/mol. The van der Waals surface area contributed by atoms with Crippen LogP contribution in [0, 0.1) is 0 Å². The Bertz CT molecular complexity index is 286. The highest BCUT2D eigenvalue weighted by Gasteiger charge is 2.02. The van der Waals surface area contributed by atoms with Crippen molar-refractivity contribution in [1.82, 2.24) is 0 Å². The van der Waals surface area contributed by atoms with Crippen LogP contribution in [0.2, 0.25) is 0 Å². The molecule has 0 spiro atoms. The van der Waals surface area contributed by atoms with Crippen molar-refractivity contribution in [3.63, 3.8) is 0 Å². The number of Topliss-reactive ketones (excluding diaryl/α,β-unsaturated/α-hetero) is 1. The van der Waals surface area contributed by atoms with Gasteiger partial charge in [-0.15, -0.1) is 11.8 Å². The van der Waals surface area contributed by atoms with Crippen LogP contribution in [0.15, 0.2) is 29.2 Å². The van der Waals surface area contributed by atoms with Gasteiger partial charge in [-0.25, -0.2) is 0 Å². The van der Waals surface area contributed by atoms with Crippen LogP contribution in [0.5, 0.6) is 0 Å². The second-order valence-corrected chi connectivity index (χ2v) is 3.73. The molecule has 12 heavy (non-hydrogen) atoms. The van der Waals surface area contributed by atoms with Gasteiger partial charge < -0.3 is 0 Å². The fraction of sp³-hybridized carbons (Fsp3) is 0.222. The first-order valence-electron chi connectivity index (χ1n) is 3.51. The number of ketones is 1. The van der Waals surface area contributed by atoms with Crippen molar-refractivity contribution in [3.05, 3.63) is 29.8 Å². The Kier molecular flexibility index (Phi) is 3.82. The van der Waals surface area contributed by atoms with Crippen LogP contribution in [0.4, 0.5) is 0 Å². The predicted octanol–water partition coefficient (Wildman–Crippen LogP) is 2.99. The Morgan fingerprint density at radius 1 is 1.58 bits per heavy atom. The molecule has 0 saturated carbocycles. The van der Waals surface area contributed by atoms with E-state index in [1.165, 1.54) is 0 Å². The molecule has 0 amide bonds. The summed E-state index contributed by atoms with van der Waals surface area (Å²) in [4.78, 5) is 12.4. The number of halogens is 1. The third kappa shape index (κ3) is 2.35. The summed E-state index contributed by atoms with van der Waals surface area (Å²) in [6.07, 6.45) is 2.00. The minimum absolute atomic E-state index is 0.130. The smallest absolute Gasteiger partial charge is 0.173 e. The molecule has 1 rings (SSSR count). The van der Waals surface area contributed by atoms with Gasteiger partial charge in [0.1, 0.15) is 0 Å². The lowest BCUT2D eigenvalue weighted by atomic mass is 10.2. The largest absolute Gasteiger partial charge is 0.293 e. The van der Waals surface area contributed by atoms with Crippen LogP contribution in [-0.4, -0.2) is 17.4 Å². The lowest BCUT2D eigenvalue weighted by molar-refractivity contribution is 0.102. The lowest BCUT2D eigenvalue weighted by Gasteiger charge is -1.99. The normalized spacial score (nSPS) is 9.83. The van der Waals surface area contributed by atoms with Crippen LogP contribution in [0.25, 0.3) is 0 Å². The maximum Gasteiger partial charge on any atom is 0.173 e. The van der Waals surface area contributed by atoms with E-state index in [2.05, 4.69) is 15.9 Å². The molecule has 0 aliphatic carbocycles. The Hall–Kier alpha value is -0.280. The minimum atomic E-state index is 0.130. The van der Waals surface area contributed by atoms with Crippen molar-refractivity contribution in [2.75, 3.05) is 11.6 Å². The molecule has 0 unspecified atom stereocenters. The van der Waals surface area contributed by atoms with Crippen molar-refractivity contribution in [2.45, 2.75) is 4.90 Å². The highest BCUT2D eigenvalue weighted by Crippen LogP contribution is 2.16. The van der Waals surface area contributed by atoms with Gasteiger partial charge in [0, 0.05) is 10.5 Å². The lowest BCUT2D eigenvalue weighted by Crippen LogP contribution is -1.99. The molecule has 0 fully saturated rings. The standard InChI is InChI=1S/C9H9BrOS/c1-12-8-4-2-3-7(5-8)9(11)6-10/h2-5H,6H2,1H3. The number of alkyl halides is 1. The third-order valence-corrected chi connectivity index (χ3v) is 2.75. The number of benzene rings is 1. The average Bonchev–Trinajstić information content (AvgIpc) is 2.17. The zero-order chi connectivity index (χ0) is 8.97. The van der Waals surface area contributed by atoms with E-state index >= 15 is 0 Å². The second kappa shape index (κ2) is 4.67. The summed E-state index contributed by atoms with van der Waals surface area (Å²) in [6.45, 7) is 0. The van der Waals surface area contributed by atoms with E-state index in [0.29, 0.717) is 5.33 Å². The summed E-state index contributed by atoms with van der Waals surface area (Å²) in [6, 6.07) is 7.65. The SMILES string of the molecule is CSc1cccc(C(=O)CBr)c1. The van der Waals surface area contributed by atoms with Gasteiger partial charge in [0.15, 0.2) is 5.78 Å². The van der Waals surface area contributed by atoms with E-state index in [4.69, 9.17) is 0 Å². The van der Waals surface area contributed by atoms with Gasteiger partial charge in [-0.2, -0.15) is 0 Å². The van der Waals surface area contributed by atoms with Gasteiger partial charge in [0.2, 0.25) is 0 Å².